The highest BCUT2D eigenvalue weighted by molar-refractivity contribution is 9.10. The average Bonchev–Trinajstić information content (AvgIpc) is 2.77. The Morgan fingerprint density at radius 1 is 1.39 bits per heavy atom. The summed E-state index contributed by atoms with van der Waals surface area (Å²) in [6, 6.07) is 8.21. The number of benzene rings is 1. The van der Waals surface area contributed by atoms with E-state index in [9.17, 15) is 4.39 Å². The molecule has 0 fully saturated rings. The van der Waals surface area contributed by atoms with Crippen LogP contribution in [0.4, 0.5) is 4.39 Å². The van der Waals surface area contributed by atoms with E-state index in [2.05, 4.69) is 15.9 Å². The zero-order chi connectivity index (χ0) is 13.1. The molecule has 1 unspecified atom stereocenters. The Labute approximate surface area is 113 Å². The van der Waals surface area contributed by atoms with Crippen molar-refractivity contribution in [3.8, 4) is 5.75 Å². The van der Waals surface area contributed by atoms with Gasteiger partial charge in [0.15, 0.2) is 6.10 Å². The Kier molecular flexibility index (Phi) is 4.04. The van der Waals surface area contributed by atoms with Crippen LogP contribution in [0.5, 0.6) is 5.75 Å². The molecule has 0 bridgehead atoms. The van der Waals surface area contributed by atoms with Crippen LogP contribution in [0, 0.1) is 12.7 Å². The van der Waals surface area contributed by atoms with Crippen LogP contribution < -0.4 is 10.5 Å². The number of halogens is 2. The molecular formula is C13H13BrFNO2. The van der Waals surface area contributed by atoms with Gasteiger partial charge in [-0.2, -0.15) is 0 Å². The first-order chi connectivity index (χ1) is 8.60. The first-order valence-corrected chi connectivity index (χ1v) is 6.27. The summed E-state index contributed by atoms with van der Waals surface area (Å²) in [6.45, 7) is 2.10. The topological polar surface area (TPSA) is 48.4 Å². The summed E-state index contributed by atoms with van der Waals surface area (Å²) in [5, 5.41) is 0. The van der Waals surface area contributed by atoms with E-state index in [1.807, 2.05) is 19.1 Å². The molecule has 0 saturated carbocycles. The lowest BCUT2D eigenvalue weighted by Gasteiger charge is -2.15. The van der Waals surface area contributed by atoms with Gasteiger partial charge < -0.3 is 14.9 Å². The largest absolute Gasteiger partial charge is 0.481 e. The molecule has 5 heteroatoms. The van der Waals surface area contributed by atoms with Crippen LogP contribution in [0.15, 0.2) is 39.2 Å². The molecule has 18 heavy (non-hydrogen) atoms. The van der Waals surface area contributed by atoms with Crippen molar-refractivity contribution < 1.29 is 13.5 Å². The maximum absolute atomic E-state index is 13.4. The standard InChI is InChI=1S/C13H13BrFNO2/c1-8-2-5-12(17-8)13(7-16)18-9-3-4-10(14)11(15)6-9/h2-6,13H,7,16H2,1H3. The summed E-state index contributed by atoms with van der Waals surface area (Å²) < 4.78 is 24.8. The van der Waals surface area contributed by atoms with Gasteiger partial charge in [-0.25, -0.2) is 4.39 Å². The van der Waals surface area contributed by atoms with Crippen molar-refractivity contribution in [2.24, 2.45) is 5.73 Å². The van der Waals surface area contributed by atoms with Crippen molar-refractivity contribution in [2.75, 3.05) is 6.54 Å². The predicted molar refractivity (Wildman–Crippen MR) is 70.0 cm³/mol. The highest BCUT2D eigenvalue weighted by Gasteiger charge is 2.16. The van der Waals surface area contributed by atoms with Gasteiger partial charge >= 0.3 is 0 Å². The maximum atomic E-state index is 13.4. The highest BCUT2D eigenvalue weighted by atomic mass is 79.9. The van der Waals surface area contributed by atoms with Crippen molar-refractivity contribution in [1.82, 2.24) is 0 Å². The molecule has 2 N–H and O–H groups in total. The Morgan fingerprint density at radius 3 is 2.72 bits per heavy atom. The van der Waals surface area contributed by atoms with Gasteiger partial charge in [-0.1, -0.05) is 0 Å². The molecule has 0 aliphatic carbocycles. The molecule has 1 atom stereocenters. The van der Waals surface area contributed by atoms with Crippen LogP contribution in [0.3, 0.4) is 0 Å². The fraction of sp³-hybridized carbons (Fsp3) is 0.231. The van der Waals surface area contributed by atoms with Crippen molar-refractivity contribution in [2.45, 2.75) is 13.0 Å². The molecule has 1 heterocycles. The lowest BCUT2D eigenvalue weighted by molar-refractivity contribution is 0.181. The Hall–Kier alpha value is -1.33. The molecule has 0 saturated heterocycles. The average molecular weight is 314 g/mol. The Morgan fingerprint density at radius 2 is 2.17 bits per heavy atom. The van der Waals surface area contributed by atoms with Gasteiger partial charge in [-0.05, 0) is 47.1 Å². The van der Waals surface area contributed by atoms with Crippen LogP contribution in [0.2, 0.25) is 0 Å². The summed E-state index contributed by atoms with van der Waals surface area (Å²) >= 11 is 3.09. The SMILES string of the molecule is Cc1ccc(C(CN)Oc2ccc(Br)c(F)c2)o1. The number of ether oxygens (including phenoxy) is 1. The molecular weight excluding hydrogens is 301 g/mol. The zero-order valence-corrected chi connectivity index (χ0v) is 11.4. The lowest BCUT2D eigenvalue weighted by Crippen LogP contribution is -2.17. The molecule has 0 aliphatic rings. The van der Waals surface area contributed by atoms with Gasteiger partial charge in [0.25, 0.3) is 0 Å². The van der Waals surface area contributed by atoms with Crippen molar-refractivity contribution >= 4 is 15.9 Å². The molecule has 96 valence electrons. The second-order valence-corrected chi connectivity index (χ2v) is 4.72. The highest BCUT2D eigenvalue weighted by Crippen LogP contribution is 2.26. The van der Waals surface area contributed by atoms with Gasteiger partial charge in [0, 0.05) is 12.6 Å². The third-order valence-electron chi connectivity index (χ3n) is 2.46. The molecule has 0 spiro atoms. The van der Waals surface area contributed by atoms with Crippen LogP contribution in [-0.2, 0) is 0 Å². The fourth-order valence-corrected chi connectivity index (χ4v) is 1.81. The van der Waals surface area contributed by atoms with Crippen molar-refractivity contribution in [1.29, 1.82) is 0 Å². The van der Waals surface area contributed by atoms with E-state index in [4.69, 9.17) is 14.9 Å². The summed E-state index contributed by atoms with van der Waals surface area (Å²) in [5.41, 5.74) is 5.64. The van der Waals surface area contributed by atoms with Gasteiger partial charge in [0.05, 0.1) is 4.47 Å². The van der Waals surface area contributed by atoms with Crippen LogP contribution in [-0.4, -0.2) is 6.54 Å². The number of hydrogen-bond donors (Lipinski definition) is 1. The fourth-order valence-electron chi connectivity index (χ4n) is 1.56. The van der Waals surface area contributed by atoms with Crippen LogP contribution >= 0.6 is 15.9 Å². The number of hydrogen-bond acceptors (Lipinski definition) is 3. The normalized spacial score (nSPS) is 12.4. The molecule has 0 amide bonds. The Bertz CT molecular complexity index is 542. The molecule has 2 aromatic rings. The minimum absolute atomic E-state index is 0.255. The van der Waals surface area contributed by atoms with E-state index >= 15 is 0 Å². The predicted octanol–water partition coefficient (Wildman–Crippen LogP) is 3.57. The van der Waals surface area contributed by atoms with E-state index in [-0.39, 0.29) is 12.4 Å². The second kappa shape index (κ2) is 5.54. The van der Waals surface area contributed by atoms with Crippen molar-refractivity contribution in [3.05, 3.63) is 52.1 Å². The van der Waals surface area contributed by atoms with E-state index in [0.29, 0.717) is 16.0 Å². The third-order valence-corrected chi connectivity index (χ3v) is 3.11. The van der Waals surface area contributed by atoms with Gasteiger partial charge in [0.2, 0.25) is 0 Å². The summed E-state index contributed by atoms with van der Waals surface area (Å²) in [6.07, 6.45) is -0.417. The monoisotopic (exact) mass is 313 g/mol. The number of rotatable bonds is 4. The van der Waals surface area contributed by atoms with Gasteiger partial charge in [0.1, 0.15) is 23.1 Å². The number of nitrogens with two attached hydrogens (primary N) is 1. The summed E-state index contributed by atoms with van der Waals surface area (Å²) in [5.74, 6) is 1.46. The van der Waals surface area contributed by atoms with Crippen molar-refractivity contribution in [3.63, 3.8) is 0 Å². The molecule has 1 aromatic carbocycles. The number of furan rings is 1. The van der Waals surface area contributed by atoms with Gasteiger partial charge in [-0.3, -0.25) is 0 Å². The van der Waals surface area contributed by atoms with Crippen LogP contribution in [0.1, 0.15) is 17.6 Å². The maximum Gasteiger partial charge on any atom is 0.168 e. The number of aryl methyl sites for hydroxylation is 1. The lowest BCUT2D eigenvalue weighted by atomic mass is 10.2. The van der Waals surface area contributed by atoms with E-state index in [0.717, 1.165) is 5.76 Å². The first-order valence-electron chi connectivity index (χ1n) is 5.48. The zero-order valence-electron chi connectivity index (χ0n) is 9.82. The molecule has 0 aliphatic heterocycles. The Balaban J connectivity index is 2.17. The smallest absolute Gasteiger partial charge is 0.168 e. The molecule has 0 radical (unpaired) electrons. The van der Waals surface area contributed by atoms with Gasteiger partial charge in [-0.15, -0.1) is 0 Å². The van der Waals surface area contributed by atoms with Crippen LogP contribution in [0.25, 0.3) is 0 Å². The third kappa shape index (κ3) is 2.91. The first kappa shape index (κ1) is 13.1. The summed E-state index contributed by atoms with van der Waals surface area (Å²) in [4.78, 5) is 0. The molecule has 3 nitrogen and oxygen atoms in total. The van der Waals surface area contributed by atoms with E-state index in [1.54, 1.807) is 12.1 Å². The van der Waals surface area contributed by atoms with E-state index in [1.165, 1.54) is 6.07 Å². The van der Waals surface area contributed by atoms with E-state index < -0.39 is 6.10 Å². The minimum Gasteiger partial charge on any atom is -0.481 e. The molecule has 2 rings (SSSR count). The minimum atomic E-state index is -0.417. The second-order valence-electron chi connectivity index (χ2n) is 3.87. The summed E-state index contributed by atoms with van der Waals surface area (Å²) in [7, 11) is 0. The molecule has 1 aromatic heterocycles. The quantitative estimate of drug-likeness (QED) is 0.938.